The second kappa shape index (κ2) is 6.28. The van der Waals surface area contributed by atoms with Crippen LogP contribution < -0.4 is 5.32 Å². The van der Waals surface area contributed by atoms with Crippen molar-refractivity contribution in [1.29, 1.82) is 0 Å². The second-order valence-electron chi connectivity index (χ2n) is 4.70. The van der Waals surface area contributed by atoms with Crippen molar-refractivity contribution in [1.82, 2.24) is 15.5 Å². The van der Waals surface area contributed by atoms with Crippen molar-refractivity contribution < 1.29 is 13.3 Å². The van der Waals surface area contributed by atoms with Gasteiger partial charge in [-0.05, 0) is 43.6 Å². The Hall–Kier alpha value is -1.53. The molecule has 1 aliphatic heterocycles. The molecule has 4 nitrogen and oxygen atoms in total. The van der Waals surface area contributed by atoms with Crippen LogP contribution in [0.4, 0.5) is 8.78 Å². The van der Waals surface area contributed by atoms with Crippen LogP contribution in [0.15, 0.2) is 22.7 Å². The fourth-order valence-electron chi connectivity index (χ4n) is 2.23. The fourth-order valence-corrected chi connectivity index (χ4v) is 2.23. The lowest BCUT2D eigenvalue weighted by Gasteiger charge is -2.01. The zero-order valence-electron chi connectivity index (χ0n) is 10.6. The van der Waals surface area contributed by atoms with Crippen LogP contribution in [0.2, 0.25) is 0 Å². The van der Waals surface area contributed by atoms with E-state index in [1.807, 2.05) is 0 Å². The summed E-state index contributed by atoms with van der Waals surface area (Å²) in [6.07, 6.45) is 1.80. The molecule has 1 aromatic carbocycles. The molecule has 0 bridgehead atoms. The molecule has 1 aromatic heterocycles. The van der Waals surface area contributed by atoms with Crippen LogP contribution in [0.1, 0.15) is 12.3 Å². The number of nitrogens with one attached hydrogen (secondary N) is 1. The maximum Gasteiger partial charge on any atom is 0.227 e. The monoisotopic (exact) mass is 301 g/mol. The van der Waals surface area contributed by atoms with E-state index in [4.69, 9.17) is 4.52 Å². The average molecular weight is 302 g/mol. The van der Waals surface area contributed by atoms with E-state index in [0.29, 0.717) is 29.6 Å². The van der Waals surface area contributed by atoms with Gasteiger partial charge in [-0.3, -0.25) is 0 Å². The fraction of sp³-hybridized carbons (Fsp3) is 0.385. The summed E-state index contributed by atoms with van der Waals surface area (Å²) in [5.41, 5.74) is 0.415. The molecule has 2 aromatic rings. The highest BCUT2D eigenvalue weighted by Crippen LogP contribution is 2.20. The van der Waals surface area contributed by atoms with Crippen LogP contribution in [-0.4, -0.2) is 23.2 Å². The van der Waals surface area contributed by atoms with Crippen molar-refractivity contribution in [3.63, 3.8) is 0 Å². The van der Waals surface area contributed by atoms with Crippen molar-refractivity contribution in [3.05, 3.63) is 35.7 Å². The molecule has 1 saturated heterocycles. The first-order valence-electron chi connectivity index (χ1n) is 6.21. The van der Waals surface area contributed by atoms with Crippen molar-refractivity contribution in [3.8, 4) is 11.4 Å². The van der Waals surface area contributed by atoms with Crippen molar-refractivity contribution in [2.24, 2.45) is 5.92 Å². The van der Waals surface area contributed by atoms with Crippen molar-refractivity contribution in [2.75, 3.05) is 13.1 Å². The van der Waals surface area contributed by atoms with E-state index < -0.39 is 11.6 Å². The van der Waals surface area contributed by atoms with Crippen LogP contribution in [0.5, 0.6) is 0 Å². The van der Waals surface area contributed by atoms with Gasteiger partial charge in [0.1, 0.15) is 0 Å². The van der Waals surface area contributed by atoms with Gasteiger partial charge in [-0.2, -0.15) is 4.98 Å². The molecule has 1 aliphatic rings. The van der Waals surface area contributed by atoms with Gasteiger partial charge < -0.3 is 9.84 Å². The Morgan fingerprint density at radius 2 is 2.15 bits per heavy atom. The molecule has 20 heavy (non-hydrogen) atoms. The molecule has 3 rings (SSSR count). The van der Waals surface area contributed by atoms with E-state index in [9.17, 15) is 8.78 Å². The summed E-state index contributed by atoms with van der Waals surface area (Å²) in [5.74, 6) is -0.472. The Morgan fingerprint density at radius 1 is 1.30 bits per heavy atom. The Morgan fingerprint density at radius 3 is 2.85 bits per heavy atom. The van der Waals surface area contributed by atoms with Crippen molar-refractivity contribution >= 4 is 12.4 Å². The predicted octanol–water partition coefficient (Wildman–Crippen LogP) is 2.59. The molecule has 0 spiro atoms. The van der Waals surface area contributed by atoms with Gasteiger partial charge in [0.15, 0.2) is 11.6 Å². The Kier molecular flexibility index (Phi) is 4.67. The van der Waals surface area contributed by atoms with Crippen LogP contribution in [0.25, 0.3) is 11.4 Å². The van der Waals surface area contributed by atoms with Crippen LogP contribution in [0, 0.1) is 17.6 Å². The molecule has 2 heterocycles. The van der Waals surface area contributed by atoms with E-state index in [1.54, 1.807) is 0 Å². The lowest BCUT2D eigenvalue weighted by atomic mass is 10.1. The van der Waals surface area contributed by atoms with Gasteiger partial charge in [-0.1, -0.05) is 5.16 Å². The van der Waals surface area contributed by atoms with Crippen LogP contribution in [-0.2, 0) is 6.42 Å². The number of nitrogens with zero attached hydrogens (tertiary/aromatic N) is 2. The Bertz CT molecular complexity index is 585. The van der Waals surface area contributed by atoms with E-state index in [1.165, 1.54) is 6.07 Å². The predicted molar refractivity (Wildman–Crippen MR) is 71.6 cm³/mol. The minimum Gasteiger partial charge on any atom is -0.339 e. The molecule has 0 saturated carbocycles. The highest BCUT2D eigenvalue weighted by atomic mass is 35.5. The van der Waals surface area contributed by atoms with E-state index in [0.717, 1.165) is 31.6 Å². The molecule has 7 heteroatoms. The summed E-state index contributed by atoms with van der Waals surface area (Å²) in [6, 6.07) is 3.56. The maximum atomic E-state index is 13.1. The number of benzene rings is 1. The SMILES string of the molecule is Cl.Fc1ccc(-c2noc(CC3CCNC3)n2)cc1F. The Balaban J connectivity index is 0.00000147. The van der Waals surface area contributed by atoms with Gasteiger partial charge >= 0.3 is 0 Å². The average Bonchev–Trinajstić information content (AvgIpc) is 3.05. The zero-order valence-corrected chi connectivity index (χ0v) is 11.4. The topological polar surface area (TPSA) is 51.0 Å². The van der Waals surface area contributed by atoms with Gasteiger partial charge in [0.05, 0.1) is 0 Å². The summed E-state index contributed by atoms with van der Waals surface area (Å²) < 4.78 is 31.1. The lowest BCUT2D eigenvalue weighted by Crippen LogP contribution is -2.10. The smallest absolute Gasteiger partial charge is 0.227 e. The second-order valence-corrected chi connectivity index (χ2v) is 4.70. The standard InChI is InChI=1S/C13H13F2N3O.ClH/c14-10-2-1-9(6-11(10)15)13-17-12(19-18-13)5-8-3-4-16-7-8;/h1-2,6,8,16H,3-5,7H2;1H. The Labute approximate surface area is 121 Å². The number of halogens is 3. The minimum absolute atomic E-state index is 0. The number of aromatic nitrogens is 2. The molecule has 0 radical (unpaired) electrons. The minimum atomic E-state index is -0.913. The van der Waals surface area contributed by atoms with E-state index in [-0.39, 0.29) is 12.4 Å². The van der Waals surface area contributed by atoms with Gasteiger partial charge in [0, 0.05) is 12.0 Å². The molecule has 0 aliphatic carbocycles. The van der Waals surface area contributed by atoms with Gasteiger partial charge in [-0.25, -0.2) is 8.78 Å². The summed E-state index contributed by atoms with van der Waals surface area (Å²) in [5, 5.41) is 7.07. The zero-order chi connectivity index (χ0) is 13.2. The highest BCUT2D eigenvalue weighted by Gasteiger charge is 2.19. The third-order valence-corrected chi connectivity index (χ3v) is 3.27. The molecule has 0 amide bonds. The van der Waals surface area contributed by atoms with E-state index >= 15 is 0 Å². The summed E-state index contributed by atoms with van der Waals surface area (Å²) in [7, 11) is 0. The summed E-state index contributed by atoms with van der Waals surface area (Å²) in [6.45, 7) is 1.96. The van der Waals surface area contributed by atoms with Crippen LogP contribution in [0.3, 0.4) is 0 Å². The van der Waals surface area contributed by atoms with Crippen LogP contribution >= 0.6 is 12.4 Å². The number of hydrogen-bond donors (Lipinski definition) is 1. The normalized spacial score (nSPS) is 18.0. The van der Waals surface area contributed by atoms with Gasteiger partial charge in [0.25, 0.3) is 0 Å². The first-order chi connectivity index (χ1) is 9.22. The molecule has 108 valence electrons. The maximum absolute atomic E-state index is 13.1. The highest BCUT2D eigenvalue weighted by molar-refractivity contribution is 5.85. The molecule has 1 atom stereocenters. The molecule has 1 fully saturated rings. The quantitative estimate of drug-likeness (QED) is 0.947. The van der Waals surface area contributed by atoms with Crippen molar-refractivity contribution in [2.45, 2.75) is 12.8 Å². The first-order valence-corrected chi connectivity index (χ1v) is 6.21. The number of hydrogen-bond acceptors (Lipinski definition) is 4. The largest absolute Gasteiger partial charge is 0.339 e. The number of rotatable bonds is 3. The third kappa shape index (κ3) is 3.13. The lowest BCUT2D eigenvalue weighted by molar-refractivity contribution is 0.358. The van der Waals surface area contributed by atoms with Gasteiger partial charge in [0.2, 0.25) is 11.7 Å². The molecular weight excluding hydrogens is 288 g/mol. The first kappa shape index (κ1) is 14.9. The molecule has 1 N–H and O–H groups in total. The third-order valence-electron chi connectivity index (χ3n) is 3.27. The molecular formula is C13H14ClF2N3O. The summed E-state index contributed by atoms with van der Waals surface area (Å²) in [4.78, 5) is 4.22. The summed E-state index contributed by atoms with van der Waals surface area (Å²) >= 11 is 0. The van der Waals surface area contributed by atoms with Gasteiger partial charge in [-0.15, -0.1) is 12.4 Å². The van der Waals surface area contributed by atoms with E-state index in [2.05, 4.69) is 15.5 Å². The molecule has 1 unspecified atom stereocenters.